The molecule has 2 aromatic carbocycles. The average Bonchev–Trinajstić information content (AvgIpc) is 3.02. The fraction of sp³-hybridized carbons (Fsp3) is 0.222. The first-order valence-electron chi connectivity index (χ1n) is 7.14. The zero-order chi connectivity index (χ0) is 14.8. The summed E-state index contributed by atoms with van der Waals surface area (Å²) in [6, 6.07) is 15.8. The summed E-state index contributed by atoms with van der Waals surface area (Å²) in [4.78, 5) is 0. The average molecular weight is 281 g/mol. The molecule has 2 N–H and O–H groups in total. The number of rotatable bonds is 4. The molecule has 1 aromatic heterocycles. The van der Waals surface area contributed by atoms with Gasteiger partial charge in [0, 0.05) is 11.8 Å². The van der Waals surface area contributed by atoms with Crippen molar-refractivity contribution >= 4 is 10.8 Å². The smallest absolute Gasteiger partial charge is 0.126 e. The monoisotopic (exact) mass is 281 g/mol. The van der Waals surface area contributed by atoms with Gasteiger partial charge in [0.25, 0.3) is 0 Å². The Bertz CT molecular complexity index is 761. The molecule has 21 heavy (non-hydrogen) atoms. The topological polar surface area (TPSA) is 48.4 Å². The van der Waals surface area contributed by atoms with E-state index in [2.05, 4.69) is 13.0 Å². The standard InChI is InChI=1S/C18H19NO2/c1-3-12-8-10-17(21-12)18(19)15-9-11-16(20-2)14-7-5-4-6-13(14)15/h4-11,18H,3,19H2,1-2H3. The quantitative estimate of drug-likeness (QED) is 0.784. The molecule has 108 valence electrons. The number of fused-ring (bicyclic) bond motifs is 1. The van der Waals surface area contributed by atoms with Crippen molar-refractivity contribution in [3.8, 4) is 5.75 Å². The van der Waals surface area contributed by atoms with Crippen LogP contribution in [0.15, 0.2) is 52.9 Å². The molecule has 1 unspecified atom stereocenters. The highest BCUT2D eigenvalue weighted by Gasteiger charge is 2.17. The fourth-order valence-corrected chi connectivity index (χ4v) is 2.65. The molecule has 1 heterocycles. The largest absolute Gasteiger partial charge is 0.496 e. The molecule has 3 aromatic rings. The van der Waals surface area contributed by atoms with Crippen LogP contribution in [0.4, 0.5) is 0 Å². The summed E-state index contributed by atoms with van der Waals surface area (Å²) in [5.74, 6) is 2.61. The number of hydrogen-bond donors (Lipinski definition) is 1. The lowest BCUT2D eigenvalue weighted by molar-refractivity contribution is 0.419. The predicted molar refractivity (Wildman–Crippen MR) is 84.6 cm³/mol. The van der Waals surface area contributed by atoms with Crippen LogP contribution in [0.3, 0.4) is 0 Å². The van der Waals surface area contributed by atoms with Crippen LogP contribution in [0.25, 0.3) is 10.8 Å². The Morgan fingerprint density at radius 1 is 1.05 bits per heavy atom. The van der Waals surface area contributed by atoms with Gasteiger partial charge in [0.1, 0.15) is 17.3 Å². The highest BCUT2D eigenvalue weighted by molar-refractivity contribution is 5.91. The second-order valence-corrected chi connectivity index (χ2v) is 5.04. The minimum Gasteiger partial charge on any atom is -0.496 e. The molecule has 0 amide bonds. The second kappa shape index (κ2) is 5.62. The van der Waals surface area contributed by atoms with Crippen molar-refractivity contribution < 1.29 is 9.15 Å². The Hall–Kier alpha value is -2.26. The van der Waals surface area contributed by atoms with Gasteiger partial charge in [0.2, 0.25) is 0 Å². The molecule has 0 saturated carbocycles. The van der Waals surface area contributed by atoms with E-state index in [0.29, 0.717) is 0 Å². The molecular formula is C18H19NO2. The van der Waals surface area contributed by atoms with E-state index in [1.807, 2.05) is 42.5 Å². The number of hydrogen-bond acceptors (Lipinski definition) is 3. The summed E-state index contributed by atoms with van der Waals surface area (Å²) in [6.07, 6.45) is 0.871. The molecule has 0 saturated heterocycles. The van der Waals surface area contributed by atoms with Gasteiger partial charge in [-0.05, 0) is 29.1 Å². The molecule has 0 fully saturated rings. The van der Waals surface area contributed by atoms with E-state index >= 15 is 0 Å². The predicted octanol–water partition coefficient (Wildman–Crippen LogP) is 4.05. The molecule has 0 spiro atoms. The molecule has 0 aliphatic heterocycles. The maximum Gasteiger partial charge on any atom is 0.126 e. The minimum atomic E-state index is -0.277. The summed E-state index contributed by atoms with van der Waals surface area (Å²) in [5.41, 5.74) is 7.45. The molecule has 0 bridgehead atoms. The highest BCUT2D eigenvalue weighted by atomic mass is 16.5. The highest BCUT2D eigenvalue weighted by Crippen LogP contribution is 2.33. The molecule has 0 aliphatic rings. The fourth-order valence-electron chi connectivity index (χ4n) is 2.65. The maximum atomic E-state index is 6.41. The Morgan fingerprint density at radius 2 is 1.81 bits per heavy atom. The van der Waals surface area contributed by atoms with E-state index in [9.17, 15) is 0 Å². The lowest BCUT2D eigenvalue weighted by Gasteiger charge is -2.14. The first-order chi connectivity index (χ1) is 10.2. The normalized spacial score (nSPS) is 12.5. The number of ether oxygens (including phenoxy) is 1. The summed E-state index contributed by atoms with van der Waals surface area (Å²) < 4.78 is 11.2. The van der Waals surface area contributed by atoms with Gasteiger partial charge in [-0.1, -0.05) is 37.3 Å². The van der Waals surface area contributed by atoms with E-state index in [1.54, 1.807) is 7.11 Å². The van der Waals surface area contributed by atoms with E-state index < -0.39 is 0 Å². The van der Waals surface area contributed by atoms with Gasteiger partial charge in [-0.25, -0.2) is 0 Å². The van der Waals surface area contributed by atoms with Crippen LogP contribution < -0.4 is 10.5 Å². The van der Waals surface area contributed by atoms with Crippen molar-refractivity contribution in [2.75, 3.05) is 7.11 Å². The zero-order valence-electron chi connectivity index (χ0n) is 12.3. The number of nitrogens with two attached hydrogens (primary N) is 1. The van der Waals surface area contributed by atoms with E-state index in [4.69, 9.17) is 14.9 Å². The van der Waals surface area contributed by atoms with Gasteiger partial charge in [0.15, 0.2) is 0 Å². The van der Waals surface area contributed by atoms with Gasteiger partial charge < -0.3 is 14.9 Å². The van der Waals surface area contributed by atoms with Crippen LogP contribution in [0.5, 0.6) is 5.75 Å². The molecule has 3 rings (SSSR count). The van der Waals surface area contributed by atoms with Gasteiger partial charge in [-0.3, -0.25) is 0 Å². The van der Waals surface area contributed by atoms with Crippen molar-refractivity contribution in [3.63, 3.8) is 0 Å². The zero-order valence-corrected chi connectivity index (χ0v) is 12.3. The molecule has 3 heteroatoms. The summed E-state index contributed by atoms with van der Waals surface area (Å²) in [7, 11) is 1.68. The lowest BCUT2D eigenvalue weighted by Crippen LogP contribution is -2.11. The lowest BCUT2D eigenvalue weighted by atomic mass is 9.97. The van der Waals surface area contributed by atoms with E-state index in [-0.39, 0.29) is 6.04 Å². The maximum absolute atomic E-state index is 6.41. The van der Waals surface area contributed by atoms with Crippen molar-refractivity contribution in [2.45, 2.75) is 19.4 Å². The molecule has 3 nitrogen and oxygen atoms in total. The van der Waals surface area contributed by atoms with Crippen molar-refractivity contribution in [1.82, 2.24) is 0 Å². The van der Waals surface area contributed by atoms with Gasteiger partial charge in [-0.15, -0.1) is 0 Å². The molecular weight excluding hydrogens is 262 g/mol. The second-order valence-electron chi connectivity index (χ2n) is 5.04. The summed E-state index contributed by atoms with van der Waals surface area (Å²) >= 11 is 0. The van der Waals surface area contributed by atoms with Crippen LogP contribution in [0, 0.1) is 0 Å². The Balaban J connectivity index is 2.11. The SMILES string of the molecule is CCc1ccc(C(N)c2ccc(OC)c3ccccc23)o1. The Kier molecular flexibility index (Phi) is 3.67. The van der Waals surface area contributed by atoms with E-state index in [0.717, 1.165) is 40.0 Å². The third-order valence-corrected chi connectivity index (χ3v) is 3.81. The van der Waals surface area contributed by atoms with Crippen molar-refractivity contribution in [1.29, 1.82) is 0 Å². The Labute approximate surface area is 124 Å². The first-order valence-corrected chi connectivity index (χ1v) is 7.14. The summed E-state index contributed by atoms with van der Waals surface area (Å²) in [6.45, 7) is 2.07. The number of benzene rings is 2. The van der Waals surface area contributed by atoms with Crippen molar-refractivity contribution in [3.05, 3.63) is 65.6 Å². The van der Waals surface area contributed by atoms with Crippen LogP contribution in [0.1, 0.15) is 30.0 Å². The minimum absolute atomic E-state index is 0.277. The molecule has 0 aliphatic carbocycles. The third kappa shape index (κ3) is 2.41. The van der Waals surface area contributed by atoms with Crippen molar-refractivity contribution in [2.24, 2.45) is 5.73 Å². The number of methoxy groups -OCH3 is 1. The molecule has 0 radical (unpaired) electrons. The number of furan rings is 1. The summed E-state index contributed by atoms with van der Waals surface area (Å²) in [5, 5.41) is 2.16. The number of aryl methyl sites for hydroxylation is 1. The molecule has 1 atom stereocenters. The third-order valence-electron chi connectivity index (χ3n) is 3.81. The van der Waals surface area contributed by atoms with Gasteiger partial charge in [-0.2, -0.15) is 0 Å². The van der Waals surface area contributed by atoms with Crippen LogP contribution in [-0.4, -0.2) is 7.11 Å². The first kappa shape index (κ1) is 13.7. The van der Waals surface area contributed by atoms with Gasteiger partial charge in [0.05, 0.1) is 13.2 Å². The Morgan fingerprint density at radius 3 is 2.48 bits per heavy atom. The van der Waals surface area contributed by atoms with Crippen LogP contribution in [-0.2, 0) is 6.42 Å². The van der Waals surface area contributed by atoms with E-state index in [1.165, 1.54) is 0 Å². The van der Waals surface area contributed by atoms with Crippen LogP contribution >= 0.6 is 0 Å². The van der Waals surface area contributed by atoms with Crippen LogP contribution in [0.2, 0.25) is 0 Å². The van der Waals surface area contributed by atoms with Gasteiger partial charge >= 0.3 is 0 Å².